The van der Waals surface area contributed by atoms with E-state index < -0.39 is 16.8 Å². The Labute approximate surface area is 181 Å². The third-order valence-electron chi connectivity index (χ3n) is 4.04. The Kier molecular flexibility index (Phi) is 6.64. The number of ether oxygens (including phenoxy) is 1. The highest BCUT2D eigenvalue weighted by Crippen LogP contribution is 2.32. The largest absolute Gasteiger partial charge is 0.477 e. The molecule has 3 rings (SSSR count). The molecule has 0 spiro atoms. The molecule has 0 atom stereocenters. The van der Waals surface area contributed by atoms with E-state index in [-0.39, 0.29) is 22.2 Å². The summed E-state index contributed by atoms with van der Waals surface area (Å²) in [6.07, 6.45) is 1.29. The summed E-state index contributed by atoms with van der Waals surface area (Å²) >= 11 is 6.04. The molecule has 8 nitrogen and oxygen atoms in total. The van der Waals surface area contributed by atoms with E-state index >= 15 is 0 Å². The topological polar surface area (TPSA) is 119 Å². The van der Waals surface area contributed by atoms with Crippen LogP contribution in [0, 0.1) is 10.1 Å². The van der Waals surface area contributed by atoms with Crippen molar-refractivity contribution < 1.29 is 24.4 Å². The van der Waals surface area contributed by atoms with Crippen molar-refractivity contribution in [3.05, 3.63) is 105 Å². The molecule has 0 unspecified atom stereocenters. The van der Waals surface area contributed by atoms with E-state index in [0.29, 0.717) is 16.9 Å². The lowest BCUT2D eigenvalue weighted by atomic mass is 10.1. The fraction of sp³-hybridized carbons (Fsp3) is 0. The van der Waals surface area contributed by atoms with Gasteiger partial charge in [-0.3, -0.25) is 14.9 Å². The maximum Gasteiger partial charge on any atom is 0.352 e. The smallest absolute Gasteiger partial charge is 0.352 e. The third-order valence-corrected chi connectivity index (χ3v) is 4.33. The fourth-order valence-electron chi connectivity index (χ4n) is 2.58. The van der Waals surface area contributed by atoms with Crippen LogP contribution in [-0.4, -0.2) is 21.9 Å². The number of hydrogen-bond donors (Lipinski definition) is 2. The molecule has 0 bridgehead atoms. The van der Waals surface area contributed by atoms with Crippen LogP contribution in [0.25, 0.3) is 6.08 Å². The maximum absolute atomic E-state index is 12.3. The number of aliphatic carboxylic acids is 1. The van der Waals surface area contributed by atoms with Crippen LogP contribution in [-0.2, 0) is 4.79 Å². The first-order valence-corrected chi connectivity index (χ1v) is 9.24. The van der Waals surface area contributed by atoms with Crippen LogP contribution in [0.15, 0.2) is 78.5 Å². The Hall–Kier alpha value is -4.17. The Bertz CT molecular complexity index is 1180. The van der Waals surface area contributed by atoms with Gasteiger partial charge in [0, 0.05) is 17.7 Å². The molecule has 9 heteroatoms. The van der Waals surface area contributed by atoms with Crippen molar-refractivity contribution in [3.8, 4) is 11.5 Å². The van der Waals surface area contributed by atoms with Gasteiger partial charge >= 0.3 is 5.97 Å². The van der Waals surface area contributed by atoms with Crippen LogP contribution in [0.2, 0.25) is 5.02 Å². The second-order valence-electron chi connectivity index (χ2n) is 6.23. The minimum Gasteiger partial charge on any atom is -0.477 e. The average molecular weight is 439 g/mol. The average Bonchev–Trinajstić information content (AvgIpc) is 2.75. The summed E-state index contributed by atoms with van der Waals surface area (Å²) in [5.74, 6) is -1.35. The number of carboxylic acids is 1. The molecule has 0 saturated heterocycles. The highest BCUT2D eigenvalue weighted by Gasteiger charge is 2.14. The van der Waals surface area contributed by atoms with Gasteiger partial charge in [0.05, 0.1) is 9.95 Å². The maximum atomic E-state index is 12.3. The van der Waals surface area contributed by atoms with E-state index in [1.807, 2.05) is 0 Å². The van der Waals surface area contributed by atoms with Gasteiger partial charge in [-0.2, -0.15) is 0 Å². The number of carbonyl (C=O) groups excluding carboxylic acids is 1. The zero-order valence-corrected chi connectivity index (χ0v) is 16.6. The van der Waals surface area contributed by atoms with E-state index in [1.54, 1.807) is 48.5 Å². The van der Waals surface area contributed by atoms with Crippen molar-refractivity contribution in [3.63, 3.8) is 0 Å². The summed E-state index contributed by atoms with van der Waals surface area (Å²) in [5, 5.41) is 22.7. The monoisotopic (exact) mass is 438 g/mol. The Morgan fingerprint density at radius 1 is 1.03 bits per heavy atom. The molecule has 0 radical (unpaired) electrons. The molecule has 0 fully saturated rings. The summed E-state index contributed by atoms with van der Waals surface area (Å²) in [6, 6.07) is 18.4. The lowest BCUT2D eigenvalue weighted by molar-refractivity contribution is -0.384. The van der Waals surface area contributed by atoms with Crippen LogP contribution < -0.4 is 10.1 Å². The number of nitro groups is 1. The Morgan fingerprint density at radius 2 is 1.77 bits per heavy atom. The quantitative estimate of drug-likeness (QED) is 0.308. The highest BCUT2D eigenvalue weighted by molar-refractivity contribution is 6.32. The van der Waals surface area contributed by atoms with Gasteiger partial charge in [0.1, 0.15) is 17.2 Å². The standard InChI is InChI=1S/C22H15ClN2O6/c23-18-13-16(25(29)30)9-10-20(18)31-17-8-4-5-14(11-17)12-19(22(27)28)24-21(26)15-6-2-1-3-7-15/h1-13H,(H,24,26)(H,27,28). The summed E-state index contributed by atoms with van der Waals surface area (Å²) in [7, 11) is 0. The number of nitrogens with one attached hydrogen (secondary N) is 1. The molecule has 0 aliphatic rings. The van der Waals surface area contributed by atoms with Gasteiger partial charge in [-0.05, 0) is 42.0 Å². The van der Waals surface area contributed by atoms with Gasteiger partial charge in [-0.15, -0.1) is 0 Å². The third kappa shape index (κ3) is 5.68. The zero-order valence-electron chi connectivity index (χ0n) is 15.8. The first kappa shape index (κ1) is 21.5. The normalized spacial score (nSPS) is 10.9. The van der Waals surface area contributed by atoms with Gasteiger partial charge in [0.2, 0.25) is 0 Å². The van der Waals surface area contributed by atoms with Crippen LogP contribution in [0.5, 0.6) is 11.5 Å². The molecular weight excluding hydrogens is 424 g/mol. The van der Waals surface area contributed by atoms with Crippen molar-refractivity contribution in [2.75, 3.05) is 0 Å². The molecule has 0 heterocycles. The number of halogens is 1. The SMILES string of the molecule is O=C(O)C(=Cc1cccc(Oc2ccc([N+](=O)[O-])cc2Cl)c1)NC(=O)c1ccccc1. The Morgan fingerprint density at radius 3 is 2.42 bits per heavy atom. The number of nitro benzene ring substituents is 1. The minimum atomic E-state index is -1.31. The predicted molar refractivity (Wildman–Crippen MR) is 114 cm³/mol. The van der Waals surface area contributed by atoms with E-state index in [9.17, 15) is 24.8 Å². The second-order valence-corrected chi connectivity index (χ2v) is 6.64. The van der Waals surface area contributed by atoms with Crippen molar-refractivity contribution in [2.24, 2.45) is 0 Å². The van der Waals surface area contributed by atoms with E-state index in [0.717, 1.165) is 0 Å². The number of non-ortho nitro benzene ring substituents is 1. The summed E-state index contributed by atoms with van der Waals surface area (Å²) in [4.78, 5) is 34.1. The number of benzene rings is 3. The van der Waals surface area contributed by atoms with Gasteiger partial charge < -0.3 is 15.2 Å². The Balaban J connectivity index is 1.82. The van der Waals surface area contributed by atoms with E-state index in [1.165, 1.54) is 30.3 Å². The van der Waals surface area contributed by atoms with Crippen molar-refractivity contribution >= 4 is 35.2 Å². The van der Waals surface area contributed by atoms with Gasteiger partial charge in [-0.1, -0.05) is 41.9 Å². The number of nitrogens with zero attached hydrogens (tertiary/aromatic N) is 1. The molecule has 156 valence electrons. The first-order valence-electron chi connectivity index (χ1n) is 8.87. The number of carbonyl (C=O) groups is 2. The molecular formula is C22H15ClN2O6. The fourth-order valence-corrected chi connectivity index (χ4v) is 2.80. The number of amides is 1. The minimum absolute atomic E-state index is 0.0523. The van der Waals surface area contributed by atoms with E-state index in [2.05, 4.69) is 5.32 Å². The molecule has 0 aromatic heterocycles. The van der Waals surface area contributed by atoms with Crippen molar-refractivity contribution in [2.45, 2.75) is 0 Å². The number of rotatable bonds is 7. The second kappa shape index (κ2) is 9.55. The van der Waals surface area contributed by atoms with Gasteiger partial charge in [-0.25, -0.2) is 4.79 Å². The number of hydrogen-bond acceptors (Lipinski definition) is 5. The molecule has 1 amide bonds. The highest BCUT2D eigenvalue weighted by atomic mass is 35.5. The van der Waals surface area contributed by atoms with Crippen LogP contribution in [0.3, 0.4) is 0 Å². The van der Waals surface area contributed by atoms with Crippen LogP contribution >= 0.6 is 11.6 Å². The van der Waals surface area contributed by atoms with Gasteiger partial charge in [0.25, 0.3) is 11.6 Å². The summed E-state index contributed by atoms with van der Waals surface area (Å²) < 4.78 is 5.66. The number of carboxylic acid groups (broad SMARTS) is 1. The van der Waals surface area contributed by atoms with Gasteiger partial charge in [0.15, 0.2) is 0 Å². The zero-order chi connectivity index (χ0) is 22.4. The molecule has 31 heavy (non-hydrogen) atoms. The summed E-state index contributed by atoms with van der Waals surface area (Å²) in [6.45, 7) is 0. The summed E-state index contributed by atoms with van der Waals surface area (Å²) in [5.41, 5.74) is 0.273. The van der Waals surface area contributed by atoms with Crippen molar-refractivity contribution in [1.29, 1.82) is 0 Å². The molecule has 0 aliphatic heterocycles. The van der Waals surface area contributed by atoms with Crippen molar-refractivity contribution in [1.82, 2.24) is 5.32 Å². The lowest BCUT2D eigenvalue weighted by Crippen LogP contribution is -2.27. The molecule has 3 aromatic rings. The molecule has 3 aromatic carbocycles. The molecule has 2 N–H and O–H groups in total. The first-order chi connectivity index (χ1) is 14.8. The predicted octanol–water partition coefficient (Wildman–Crippen LogP) is 4.90. The van der Waals surface area contributed by atoms with Crippen LogP contribution in [0.4, 0.5) is 5.69 Å². The van der Waals surface area contributed by atoms with Crippen LogP contribution in [0.1, 0.15) is 15.9 Å². The molecule has 0 saturated carbocycles. The lowest BCUT2D eigenvalue weighted by Gasteiger charge is -2.09. The van der Waals surface area contributed by atoms with E-state index in [4.69, 9.17) is 16.3 Å². The molecule has 0 aliphatic carbocycles.